The molecule has 0 aromatic heterocycles. The molecular formula is C8H18N2O. The van der Waals surface area contributed by atoms with E-state index in [9.17, 15) is 4.79 Å². The molecular weight excluding hydrogens is 140 g/mol. The zero-order valence-electron chi connectivity index (χ0n) is 7.72. The van der Waals surface area contributed by atoms with Crippen molar-refractivity contribution in [2.24, 2.45) is 11.7 Å². The Morgan fingerprint density at radius 2 is 1.73 bits per heavy atom. The molecule has 0 aromatic carbocycles. The van der Waals surface area contributed by atoms with Crippen molar-refractivity contribution in [1.82, 2.24) is 5.32 Å². The SMILES string of the molecule is CC(C)NC(C(N)=O)C(C)C. The second kappa shape index (κ2) is 4.34. The molecule has 0 saturated heterocycles. The molecule has 1 unspecified atom stereocenters. The van der Waals surface area contributed by atoms with Crippen LogP contribution in [0.1, 0.15) is 27.7 Å². The van der Waals surface area contributed by atoms with Crippen LogP contribution >= 0.6 is 0 Å². The van der Waals surface area contributed by atoms with Crippen LogP contribution in [0.2, 0.25) is 0 Å². The highest BCUT2D eigenvalue weighted by Crippen LogP contribution is 2.01. The Balaban J connectivity index is 4.01. The fraction of sp³-hybridized carbons (Fsp3) is 0.875. The molecule has 0 radical (unpaired) electrons. The van der Waals surface area contributed by atoms with E-state index in [-0.39, 0.29) is 17.9 Å². The number of nitrogens with one attached hydrogen (secondary N) is 1. The van der Waals surface area contributed by atoms with Crippen molar-refractivity contribution in [1.29, 1.82) is 0 Å². The minimum Gasteiger partial charge on any atom is -0.368 e. The summed E-state index contributed by atoms with van der Waals surface area (Å²) in [6.45, 7) is 7.95. The summed E-state index contributed by atoms with van der Waals surface area (Å²) in [7, 11) is 0. The highest BCUT2D eigenvalue weighted by molar-refractivity contribution is 5.80. The van der Waals surface area contributed by atoms with E-state index in [0.717, 1.165) is 0 Å². The van der Waals surface area contributed by atoms with Crippen LogP contribution in [-0.2, 0) is 4.79 Å². The molecule has 0 rings (SSSR count). The van der Waals surface area contributed by atoms with Crippen molar-refractivity contribution in [3.63, 3.8) is 0 Å². The number of hydrogen-bond acceptors (Lipinski definition) is 2. The first-order valence-electron chi connectivity index (χ1n) is 4.00. The van der Waals surface area contributed by atoms with Gasteiger partial charge in [-0.3, -0.25) is 4.79 Å². The highest BCUT2D eigenvalue weighted by Gasteiger charge is 2.19. The van der Waals surface area contributed by atoms with Crippen LogP contribution in [0.4, 0.5) is 0 Å². The fourth-order valence-corrected chi connectivity index (χ4v) is 0.962. The molecule has 66 valence electrons. The third-order valence-electron chi connectivity index (χ3n) is 1.49. The lowest BCUT2D eigenvalue weighted by Gasteiger charge is -2.21. The normalized spacial score (nSPS) is 14.0. The van der Waals surface area contributed by atoms with E-state index in [1.807, 2.05) is 27.7 Å². The highest BCUT2D eigenvalue weighted by atomic mass is 16.1. The minimum atomic E-state index is -0.270. The van der Waals surface area contributed by atoms with Crippen molar-refractivity contribution in [3.05, 3.63) is 0 Å². The van der Waals surface area contributed by atoms with Gasteiger partial charge >= 0.3 is 0 Å². The second-order valence-corrected chi connectivity index (χ2v) is 3.45. The molecule has 11 heavy (non-hydrogen) atoms. The van der Waals surface area contributed by atoms with Gasteiger partial charge in [0.25, 0.3) is 0 Å². The fourth-order valence-electron chi connectivity index (χ4n) is 0.962. The maximum atomic E-state index is 10.8. The summed E-state index contributed by atoms with van der Waals surface area (Å²) < 4.78 is 0. The van der Waals surface area contributed by atoms with E-state index in [2.05, 4.69) is 5.32 Å². The van der Waals surface area contributed by atoms with Crippen LogP contribution in [0.15, 0.2) is 0 Å². The maximum absolute atomic E-state index is 10.8. The van der Waals surface area contributed by atoms with Crippen molar-refractivity contribution in [2.45, 2.75) is 39.8 Å². The third kappa shape index (κ3) is 3.98. The average Bonchev–Trinajstić information content (AvgIpc) is 1.81. The predicted octanol–water partition coefficient (Wildman–Crippen LogP) is 0.494. The summed E-state index contributed by atoms with van der Waals surface area (Å²) in [5.41, 5.74) is 5.18. The van der Waals surface area contributed by atoms with E-state index < -0.39 is 0 Å². The maximum Gasteiger partial charge on any atom is 0.234 e. The van der Waals surface area contributed by atoms with E-state index in [0.29, 0.717) is 6.04 Å². The topological polar surface area (TPSA) is 55.1 Å². The molecule has 0 aliphatic carbocycles. The smallest absolute Gasteiger partial charge is 0.234 e. The van der Waals surface area contributed by atoms with Gasteiger partial charge in [-0.2, -0.15) is 0 Å². The minimum absolute atomic E-state index is 0.199. The Hall–Kier alpha value is -0.570. The monoisotopic (exact) mass is 158 g/mol. The van der Waals surface area contributed by atoms with Gasteiger partial charge in [-0.15, -0.1) is 0 Å². The summed E-state index contributed by atoms with van der Waals surface area (Å²) in [5, 5.41) is 3.10. The predicted molar refractivity (Wildman–Crippen MR) is 46.1 cm³/mol. The lowest BCUT2D eigenvalue weighted by molar-refractivity contribution is -0.121. The number of primary amides is 1. The molecule has 3 nitrogen and oxygen atoms in total. The van der Waals surface area contributed by atoms with Gasteiger partial charge in [0, 0.05) is 6.04 Å². The summed E-state index contributed by atoms with van der Waals surface area (Å²) in [6.07, 6.45) is 0. The Morgan fingerprint density at radius 3 is 1.82 bits per heavy atom. The van der Waals surface area contributed by atoms with Crippen molar-refractivity contribution < 1.29 is 4.79 Å². The molecule has 1 atom stereocenters. The van der Waals surface area contributed by atoms with E-state index in [1.54, 1.807) is 0 Å². The van der Waals surface area contributed by atoms with Crippen molar-refractivity contribution in [2.75, 3.05) is 0 Å². The van der Waals surface area contributed by atoms with E-state index in [1.165, 1.54) is 0 Å². The zero-order valence-corrected chi connectivity index (χ0v) is 7.72. The van der Waals surface area contributed by atoms with Crippen LogP contribution in [0.25, 0.3) is 0 Å². The van der Waals surface area contributed by atoms with Gasteiger partial charge in [0.05, 0.1) is 6.04 Å². The quantitative estimate of drug-likeness (QED) is 0.625. The van der Waals surface area contributed by atoms with Crippen LogP contribution < -0.4 is 11.1 Å². The van der Waals surface area contributed by atoms with Gasteiger partial charge < -0.3 is 11.1 Å². The van der Waals surface area contributed by atoms with Crippen LogP contribution in [0, 0.1) is 5.92 Å². The van der Waals surface area contributed by atoms with Gasteiger partial charge in [0.2, 0.25) is 5.91 Å². The molecule has 1 amide bonds. The Morgan fingerprint density at radius 1 is 1.27 bits per heavy atom. The first kappa shape index (κ1) is 10.4. The first-order valence-corrected chi connectivity index (χ1v) is 4.00. The van der Waals surface area contributed by atoms with Crippen molar-refractivity contribution >= 4 is 5.91 Å². The molecule has 3 N–H and O–H groups in total. The Labute approximate surface area is 68.3 Å². The number of carbonyl (C=O) groups excluding carboxylic acids is 1. The summed E-state index contributed by atoms with van der Waals surface area (Å²) in [4.78, 5) is 10.8. The largest absolute Gasteiger partial charge is 0.368 e. The second-order valence-electron chi connectivity index (χ2n) is 3.45. The Bertz CT molecular complexity index is 132. The molecule has 0 aliphatic rings. The van der Waals surface area contributed by atoms with Gasteiger partial charge in [0.15, 0.2) is 0 Å². The molecule has 0 bridgehead atoms. The summed E-state index contributed by atoms with van der Waals surface area (Å²) in [5.74, 6) is -0.0106. The lowest BCUT2D eigenvalue weighted by Crippen LogP contribution is -2.47. The number of nitrogens with two attached hydrogens (primary N) is 1. The average molecular weight is 158 g/mol. The Kier molecular flexibility index (Phi) is 4.11. The van der Waals surface area contributed by atoms with Crippen molar-refractivity contribution in [3.8, 4) is 0 Å². The van der Waals surface area contributed by atoms with Gasteiger partial charge in [-0.25, -0.2) is 0 Å². The number of rotatable bonds is 4. The van der Waals surface area contributed by atoms with Gasteiger partial charge in [-0.1, -0.05) is 27.7 Å². The van der Waals surface area contributed by atoms with E-state index >= 15 is 0 Å². The van der Waals surface area contributed by atoms with E-state index in [4.69, 9.17) is 5.73 Å². The molecule has 0 aromatic rings. The lowest BCUT2D eigenvalue weighted by atomic mass is 10.0. The third-order valence-corrected chi connectivity index (χ3v) is 1.49. The van der Waals surface area contributed by atoms with Crippen LogP contribution in [0.3, 0.4) is 0 Å². The number of amides is 1. The summed E-state index contributed by atoms with van der Waals surface area (Å²) >= 11 is 0. The standard InChI is InChI=1S/C8H18N2O/c1-5(2)7(8(9)11)10-6(3)4/h5-7,10H,1-4H3,(H2,9,11). The molecule has 0 fully saturated rings. The molecule has 0 spiro atoms. The van der Waals surface area contributed by atoms with Gasteiger partial charge in [-0.05, 0) is 5.92 Å². The molecule has 0 aliphatic heterocycles. The molecule has 3 heteroatoms. The number of hydrogen-bond donors (Lipinski definition) is 2. The number of carbonyl (C=O) groups is 1. The zero-order chi connectivity index (χ0) is 9.02. The molecule has 0 saturated carbocycles. The molecule has 0 heterocycles. The van der Waals surface area contributed by atoms with Crippen LogP contribution in [-0.4, -0.2) is 18.0 Å². The van der Waals surface area contributed by atoms with Crippen LogP contribution in [0.5, 0.6) is 0 Å². The summed E-state index contributed by atoms with van der Waals surface area (Å²) in [6, 6.07) is 0.102. The first-order chi connectivity index (χ1) is 4.95. The van der Waals surface area contributed by atoms with Gasteiger partial charge in [0.1, 0.15) is 0 Å².